The van der Waals surface area contributed by atoms with Crippen LogP contribution in [-0.4, -0.2) is 40.6 Å². The molecule has 1 amide bonds. The number of carbonyl (C=O) groups is 2. The molecule has 0 bridgehead atoms. The molecule has 2 aromatic carbocycles. The molecule has 1 aliphatic carbocycles. The van der Waals surface area contributed by atoms with Gasteiger partial charge in [-0.1, -0.05) is 12.1 Å². The summed E-state index contributed by atoms with van der Waals surface area (Å²) in [4.78, 5) is 27.4. The van der Waals surface area contributed by atoms with Crippen molar-refractivity contribution in [1.82, 2.24) is 15.2 Å². The maximum atomic E-state index is 14.2. The summed E-state index contributed by atoms with van der Waals surface area (Å²) >= 11 is 0. The standard InChI is InChI=1S/C23H18FN5O5S/c24-16-9-13(21(25)30)5-8-17(16)29-35(33,34)14-6-3-11(4-7-14)18-10-15(23(31)32)19-20(12-1-2-12)27-28-22(19)26-18/h3-10,12,29H,1-2H2,(H2,25,30)(H,31,32)(H,26,27,28). The minimum Gasteiger partial charge on any atom is -0.478 e. The van der Waals surface area contributed by atoms with Crippen LogP contribution in [0.2, 0.25) is 0 Å². The first-order valence-corrected chi connectivity index (χ1v) is 12.0. The number of benzene rings is 2. The molecule has 0 unspecified atom stereocenters. The summed E-state index contributed by atoms with van der Waals surface area (Å²) in [6.45, 7) is 0. The number of nitrogens with zero attached hydrogens (tertiary/aromatic N) is 2. The van der Waals surface area contributed by atoms with Crippen molar-refractivity contribution in [3.63, 3.8) is 0 Å². The third kappa shape index (κ3) is 4.19. The first-order chi connectivity index (χ1) is 16.6. The first-order valence-electron chi connectivity index (χ1n) is 10.5. The van der Waals surface area contributed by atoms with Crippen molar-refractivity contribution in [1.29, 1.82) is 0 Å². The molecule has 1 saturated carbocycles. The molecule has 2 heterocycles. The smallest absolute Gasteiger partial charge is 0.336 e. The minimum atomic E-state index is -4.16. The molecule has 1 fully saturated rings. The number of carboxylic acid groups (broad SMARTS) is 1. The molecule has 0 radical (unpaired) electrons. The molecule has 12 heteroatoms. The monoisotopic (exact) mass is 495 g/mol. The van der Waals surface area contributed by atoms with Crippen LogP contribution in [0.1, 0.15) is 45.2 Å². The molecule has 4 aromatic rings. The number of rotatable bonds is 7. The van der Waals surface area contributed by atoms with Crippen molar-refractivity contribution in [3.8, 4) is 11.3 Å². The van der Waals surface area contributed by atoms with Crippen LogP contribution in [0.15, 0.2) is 53.4 Å². The molecular formula is C23H18FN5O5S. The van der Waals surface area contributed by atoms with Gasteiger partial charge in [0.25, 0.3) is 10.0 Å². The van der Waals surface area contributed by atoms with E-state index in [9.17, 15) is 27.5 Å². The predicted octanol–water partition coefficient (Wildman–Crippen LogP) is 3.24. The van der Waals surface area contributed by atoms with E-state index in [2.05, 4.69) is 19.9 Å². The normalized spacial score (nSPS) is 13.6. The number of aromatic carboxylic acids is 1. The van der Waals surface area contributed by atoms with Crippen LogP contribution in [0.5, 0.6) is 0 Å². The van der Waals surface area contributed by atoms with E-state index in [-0.39, 0.29) is 33.3 Å². The molecule has 35 heavy (non-hydrogen) atoms. The van der Waals surface area contributed by atoms with Crippen molar-refractivity contribution in [2.24, 2.45) is 5.73 Å². The zero-order valence-corrected chi connectivity index (χ0v) is 18.8. The van der Waals surface area contributed by atoms with Gasteiger partial charge in [0.1, 0.15) is 5.82 Å². The lowest BCUT2D eigenvalue weighted by Crippen LogP contribution is -2.15. The van der Waals surface area contributed by atoms with Gasteiger partial charge in [-0.2, -0.15) is 5.10 Å². The third-order valence-corrected chi connectivity index (χ3v) is 7.11. The van der Waals surface area contributed by atoms with Gasteiger partial charge in [-0.3, -0.25) is 14.6 Å². The van der Waals surface area contributed by atoms with Crippen molar-refractivity contribution < 1.29 is 27.5 Å². The summed E-state index contributed by atoms with van der Waals surface area (Å²) in [6, 6.07) is 10.1. The van der Waals surface area contributed by atoms with E-state index < -0.39 is 27.7 Å². The second-order valence-electron chi connectivity index (χ2n) is 8.16. The van der Waals surface area contributed by atoms with E-state index in [0.717, 1.165) is 30.7 Å². The maximum Gasteiger partial charge on any atom is 0.336 e. The molecule has 0 atom stereocenters. The summed E-state index contributed by atoms with van der Waals surface area (Å²) in [5.41, 5.74) is 6.55. The van der Waals surface area contributed by atoms with Gasteiger partial charge in [0.15, 0.2) is 5.65 Å². The molecule has 0 spiro atoms. The average Bonchev–Trinajstić information content (AvgIpc) is 3.58. The predicted molar refractivity (Wildman–Crippen MR) is 124 cm³/mol. The molecule has 10 nitrogen and oxygen atoms in total. The minimum absolute atomic E-state index is 0.0638. The summed E-state index contributed by atoms with van der Waals surface area (Å²) in [6.07, 6.45) is 1.92. The second-order valence-corrected chi connectivity index (χ2v) is 9.84. The number of carboxylic acids is 1. The lowest BCUT2D eigenvalue weighted by molar-refractivity contribution is 0.0698. The average molecular weight is 495 g/mol. The van der Waals surface area contributed by atoms with E-state index >= 15 is 0 Å². The van der Waals surface area contributed by atoms with Crippen molar-refractivity contribution >= 4 is 38.6 Å². The van der Waals surface area contributed by atoms with Gasteiger partial charge in [-0.25, -0.2) is 22.6 Å². The SMILES string of the molecule is NC(=O)c1ccc(NS(=O)(=O)c2ccc(-c3cc(C(=O)O)c4c(C5CC5)[nH]nc4n3)cc2)c(F)c1. The molecule has 2 aromatic heterocycles. The Hall–Kier alpha value is -4.32. The van der Waals surface area contributed by atoms with E-state index in [0.29, 0.717) is 16.6 Å². The molecular weight excluding hydrogens is 477 g/mol. The lowest BCUT2D eigenvalue weighted by atomic mass is 10.0. The second kappa shape index (κ2) is 8.17. The fourth-order valence-corrected chi connectivity index (χ4v) is 4.86. The maximum absolute atomic E-state index is 14.2. The van der Waals surface area contributed by atoms with Gasteiger partial charge >= 0.3 is 5.97 Å². The number of nitrogens with one attached hydrogen (secondary N) is 2. The molecule has 0 saturated heterocycles. The van der Waals surface area contributed by atoms with Gasteiger partial charge in [0, 0.05) is 22.7 Å². The van der Waals surface area contributed by atoms with Gasteiger partial charge in [-0.15, -0.1) is 0 Å². The Bertz CT molecular complexity index is 1610. The Labute approximate surface area is 198 Å². The van der Waals surface area contributed by atoms with Crippen molar-refractivity contribution in [2.45, 2.75) is 23.7 Å². The van der Waals surface area contributed by atoms with E-state index in [4.69, 9.17) is 5.73 Å². The van der Waals surface area contributed by atoms with Gasteiger partial charge in [0.2, 0.25) is 5.91 Å². The Morgan fingerprint density at radius 3 is 2.43 bits per heavy atom. The van der Waals surface area contributed by atoms with Crippen LogP contribution in [0.4, 0.5) is 10.1 Å². The van der Waals surface area contributed by atoms with Crippen LogP contribution in [-0.2, 0) is 10.0 Å². The number of nitrogens with two attached hydrogens (primary N) is 1. The van der Waals surface area contributed by atoms with Crippen LogP contribution in [0.3, 0.4) is 0 Å². The number of aromatic amines is 1. The number of primary amides is 1. The molecule has 178 valence electrons. The Kier molecular flexibility index (Phi) is 5.24. The van der Waals surface area contributed by atoms with Gasteiger partial charge in [-0.05, 0) is 49.2 Å². The summed E-state index contributed by atoms with van der Waals surface area (Å²) in [5.74, 6) is -2.66. The summed E-state index contributed by atoms with van der Waals surface area (Å²) in [5, 5.41) is 17.3. The van der Waals surface area contributed by atoms with Gasteiger partial charge in [0.05, 0.1) is 27.2 Å². The highest BCUT2D eigenvalue weighted by Crippen LogP contribution is 2.43. The fraction of sp³-hybridized carbons (Fsp3) is 0.130. The Morgan fingerprint density at radius 2 is 1.83 bits per heavy atom. The highest BCUT2D eigenvalue weighted by atomic mass is 32.2. The zero-order valence-electron chi connectivity index (χ0n) is 17.9. The van der Waals surface area contributed by atoms with Gasteiger partial charge < -0.3 is 10.8 Å². The first kappa shape index (κ1) is 22.5. The number of fused-ring (bicyclic) bond motifs is 1. The van der Waals surface area contributed by atoms with E-state index in [1.165, 1.54) is 36.4 Å². The quantitative estimate of drug-likeness (QED) is 0.305. The van der Waals surface area contributed by atoms with Crippen LogP contribution in [0, 0.1) is 5.82 Å². The number of carbonyl (C=O) groups excluding carboxylic acids is 1. The number of hydrogen-bond acceptors (Lipinski definition) is 6. The number of aromatic nitrogens is 3. The number of anilines is 1. The number of halogens is 1. The molecule has 0 aliphatic heterocycles. The summed E-state index contributed by atoms with van der Waals surface area (Å²) < 4.78 is 41.8. The van der Waals surface area contributed by atoms with Crippen molar-refractivity contribution in [3.05, 3.63) is 71.2 Å². The number of H-pyrrole nitrogens is 1. The third-order valence-electron chi connectivity index (χ3n) is 5.73. The van der Waals surface area contributed by atoms with Crippen LogP contribution in [0.25, 0.3) is 22.3 Å². The summed E-state index contributed by atoms with van der Waals surface area (Å²) in [7, 11) is -4.16. The number of amides is 1. The number of hydrogen-bond donors (Lipinski definition) is 4. The number of sulfonamides is 1. The zero-order chi connectivity index (χ0) is 24.9. The molecule has 5 rings (SSSR count). The van der Waals surface area contributed by atoms with Crippen LogP contribution < -0.4 is 10.5 Å². The number of pyridine rings is 1. The van der Waals surface area contributed by atoms with Crippen LogP contribution >= 0.6 is 0 Å². The molecule has 5 N–H and O–H groups in total. The topological polar surface area (TPSA) is 168 Å². The van der Waals surface area contributed by atoms with E-state index in [1.54, 1.807) is 0 Å². The lowest BCUT2D eigenvalue weighted by Gasteiger charge is -2.10. The van der Waals surface area contributed by atoms with E-state index in [1.807, 2.05) is 0 Å². The molecule has 1 aliphatic rings. The van der Waals surface area contributed by atoms with Crippen molar-refractivity contribution in [2.75, 3.05) is 4.72 Å². The Morgan fingerprint density at radius 1 is 1.11 bits per heavy atom. The Balaban J connectivity index is 1.45. The largest absolute Gasteiger partial charge is 0.478 e. The fourth-order valence-electron chi connectivity index (χ4n) is 3.79. The highest BCUT2D eigenvalue weighted by molar-refractivity contribution is 7.92. The highest BCUT2D eigenvalue weighted by Gasteiger charge is 2.30.